The highest BCUT2D eigenvalue weighted by Gasteiger charge is 2.39. The average Bonchev–Trinajstić information content (AvgIpc) is 2.70. The van der Waals surface area contributed by atoms with Gasteiger partial charge in [-0.05, 0) is 55.9 Å². The first-order valence-corrected chi connectivity index (χ1v) is 6.78. The molecule has 15 heavy (non-hydrogen) atoms. The molecule has 1 nitrogen and oxygen atoms in total. The van der Waals surface area contributed by atoms with E-state index >= 15 is 0 Å². The van der Waals surface area contributed by atoms with Crippen molar-refractivity contribution in [3.05, 3.63) is 12.2 Å². The van der Waals surface area contributed by atoms with E-state index in [1.807, 2.05) is 0 Å². The lowest BCUT2D eigenvalue weighted by molar-refractivity contribution is 0.407. The molecular weight excluding hydrogens is 182 g/mol. The van der Waals surface area contributed by atoms with Crippen LogP contribution in [-0.4, -0.2) is 12.6 Å². The lowest BCUT2D eigenvalue weighted by atomic mass is 9.93. The first-order valence-electron chi connectivity index (χ1n) is 6.78. The first kappa shape index (κ1) is 9.89. The molecule has 3 aliphatic carbocycles. The summed E-state index contributed by atoms with van der Waals surface area (Å²) in [5.74, 6) is 3.84. The summed E-state index contributed by atoms with van der Waals surface area (Å²) >= 11 is 0. The Labute approximate surface area is 93.3 Å². The van der Waals surface area contributed by atoms with Crippen molar-refractivity contribution in [1.82, 2.24) is 5.32 Å². The molecule has 0 aromatic heterocycles. The van der Waals surface area contributed by atoms with Crippen molar-refractivity contribution in [2.45, 2.75) is 45.1 Å². The third-order valence-electron chi connectivity index (χ3n) is 4.64. The van der Waals surface area contributed by atoms with E-state index in [2.05, 4.69) is 24.4 Å². The van der Waals surface area contributed by atoms with Crippen molar-refractivity contribution in [3.63, 3.8) is 0 Å². The van der Waals surface area contributed by atoms with E-state index < -0.39 is 0 Å². The molecule has 0 radical (unpaired) electrons. The van der Waals surface area contributed by atoms with Gasteiger partial charge in [-0.2, -0.15) is 0 Å². The highest BCUT2D eigenvalue weighted by molar-refractivity contribution is 5.10. The Bertz CT molecular complexity index is 258. The molecule has 84 valence electrons. The normalized spacial score (nSPS) is 46.3. The molecule has 5 unspecified atom stereocenters. The molecule has 3 aliphatic rings. The van der Waals surface area contributed by atoms with E-state index in [9.17, 15) is 0 Å². The summed E-state index contributed by atoms with van der Waals surface area (Å²) < 4.78 is 0. The maximum Gasteiger partial charge on any atom is 0.00992 e. The Morgan fingerprint density at radius 1 is 1.13 bits per heavy atom. The largest absolute Gasteiger partial charge is 0.313 e. The van der Waals surface area contributed by atoms with Gasteiger partial charge < -0.3 is 5.32 Å². The van der Waals surface area contributed by atoms with E-state index in [4.69, 9.17) is 0 Å². The second kappa shape index (κ2) is 3.93. The van der Waals surface area contributed by atoms with Gasteiger partial charge in [-0.25, -0.2) is 0 Å². The summed E-state index contributed by atoms with van der Waals surface area (Å²) in [4.78, 5) is 0. The van der Waals surface area contributed by atoms with Gasteiger partial charge in [-0.3, -0.25) is 0 Å². The van der Waals surface area contributed by atoms with E-state index in [1.54, 1.807) is 0 Å². The van der Waals surface area contributed by atoms with Crippen LogP contribution in [0.3, 0.4) is 0 Å². The summed E-state index contributed by atoms with van der Waals surface area (Å²) in [6.07, 6.45) is 12.1. The number of allylic oxidation sites excluding steroid dienone is 2. The van der Waals surface area contributed by atoms with E-state index in [1.165, 1.54) is 38.6 Å². The summed E-state index contributed by atoms with van der Waals surface area (Å²) in [6, 6.07) is 0.882. The van der Waals surface area contributed by atoms with Crippen molar-refractivity contribution in [2.75, 3.05) is 6.54 Å². The van der Waals surface area contributed by atoms with Gasteiger partial charge in [0, 0.05) is 6.04 Å². The molecule has 0 spiro atoms. The average molecular weight is 205 g/mol. The SMILES string of the molecule is CCCC1CC1NCC1CC2C=CC1C2. The number of fused-ring (bicyclic) bond motifs is 2. The number of hydrogen-bond donors (Lipinski definition) is 1. The van der Waals surface area contributed by atoms with E-state index in [0.29, 0.717) is 0 Å². The highest BCUT2D eigenvalue weighted by Crippen LogP contribution is 2.43. The van der Waals surface area contributed by atoms with Crippen molar-refractivity contribution in [2.24, 2.45) is 23.7 Å². The Balaban J connectivity index is 1.39. The van der Waals surface area contributed by atoms with Crippen LogP contribution in [0.25, 0.3) is 0 Å². The molecule has 0 aromatic rings. The molecule has 3 rings (SSSR count). The van der Waals surface area contributed by atoms with Gasteiger partial charge in [0.25, 0.3) is 0 Å². The second-order valence-electron chi connectivity index (χ2n) is 5.84. The standard InChI is InChI=1S/C14H23N/c1-2-3-12-8-14(12)15-9-13-7-10-4-5-11(13)6-10/h4-5,10-15H,2-3,6-9H2,1H3. The van der Waals surface area contributed by atoms with Crippen LogP contribution in [0.4, 0.5) is 0 Å². The molecule has 2 saturated carbocycles. The third-order valence-corrected chi connectivity index (χ3v) is 4.64. The van der Waals surface area contributed by atoms with Crippen LogP contribution in [0.15, 0.2) is 12.2 Å². The minimum atomic E-state index is 0.882. The summed E-state index contributed by atoms with van der Waals surface area (Å²) in [5, 5.41) is 3.78. The van der Waals surface area contributed by atoms with Crippen LogP contribution in [0.5, 0.6) is 0 Å². The smallest absolute Gasteiger partial charge is 0.00992 e. The monoisotopic (exact) mass is 205 g/mol. The lowest BCUT2D eigenvalue weighted by Crippen LogP contribution is -2.28. The van der Waals surface area contributed by atoms with Crippen LogP contribution in [0, 0.1) is 23.7 Å². The second-order valence-corrected chi connectivity index (χ2v) is 5.84. The zero-order valence-electron chi connectivity index (χ0n) is 9.78. The molecule has 0 amide bonds. The van der Waals surface area contributed by atoms with Crippen molar-refractivity contribution in [3.8, 4) is 0 Å². The van der Waals surface area contributed by atoms with Crippen LogP contribution in [0.1, 0.15) is 39.0 Å². The quantitative estimate of drug-likeness (QED) is 0.680. The minimum Gasteiger partial charge on any atom is -0.313 e. The van der Waals surface area contributed by atoms with E-state index in [0.717, 1.165) is 29.7 Å². The maximum absolute atomic E-state index is 3.78. The van der Waals surface area contributed by atoms with Gasteiger partial charge in [0.15, 0.2) is 0 Å². The van der Waals surface area contributed by atoms with Crippen molar-refractivity contribution < 1.29 is 0 Å². The zero-order valence-corrected chi connectivity index (χ0v) is 9.78. The fraction of sp³-hybridized carbons (Fsp3) is 0.857. The van der Waals surface area contributed by atoms with Crippen LogP contribution in [-0.2, 0) is 0 Å². The predicted molar refractivity (Wildman–Crippen MR) is 63.6 cm³/mol. The molecule has 0 aromatic carbocycles. The van der Waals surface area contributed by atoms with Gasteiger partial charge in [0.05, 0.1) is 0 Å². The zero-order chi connectivity index (χ0) is 10.3. The fourth-order valence-electron chi connectivity index (χ4n) is 3.62. The van der Waals surface area contributed by atoms with Gasteiger partial charge in [-0.15, -0.1) is 0 Å². The molecule has 1 heteroatoms. The third kappa shape index (κ3) is 1.99. The molecule has 0 aliphatic heterocycles. The van der Waals surface area contributed by atoms with Crippen LogP contribution >= 0.6 is 0 Å². The molecule has 2 fully saturated rings. The van der Waals surface area contributed by atoms with Crippen LogP contribution in [0.2, 0.25) is 0 Å². The topological polar surface area (TPSA) is 12.0 Å². The number of rotatable bonds is 5. The molecule has 1 N–H and O–H groups in total. The Hall–Kier alpha value is -0.300. The molecule has 0 heterocycles. The van der Waals surface area contributed by atoms with Gasteiger partial charge in [-0.1, -0.05) is 25.5 Å². The summed E-state index contributed by atoms with van der Waals surface area (Å²) in [5.41, 5.74) is 0. The number of nitrogens with one attached hydrogen (secondary N) is 1. The molecular formula is C14H23N. The lowest BCUT2D eigenvalue weighted by Gasteiger charge is -2.18. The highest BCUT2D eigenvalue weighted by atomic mass is 15.0. The fourth-order valence-corrected chi connectivity index (χ4v) is 3.62. The van der Waals surface area contributed by atoms with Crippen molar-refractivity contribution >= 4 is 0 Å². The summed E-state index contributed by atoms with van der Waals surface area (Å²) in [6.45, 7) is 3.59. The van der Waals surface area contributed by atoms with Gasteiger partial charge >= 0.3 is 0 Å². The van der Waals surface area contributed by atoms with Crippen LogP contribution < -0.4 is 5.32 Å². The Morgan fingerprint density at radius 3 is 2.73 bits per heavy atom. The Kier molecular flexibility index (Phi) is 2.59. The van der Waals surface area contributed by atoms with Gasteiger partial charge in [0.2, 0.25) is 0 Å². The first-order chi connectivity index (χ1) is 7.36. The summed E-state index contributed by atoms with van der Waals surface area (Å²) in [7, 11) is 0. The molecule has 2 bridgehead atoms. The molecule has 5 atom stereocenters. The Morgan fingerprint density at radius 2 is 2.07 bits per heavy atom. The van der Waals surface area contributed by atoms with Gasteiger partial charge in [0.1, 0.15) is 0 Å². The predicted octanol–water partition coefficient (Wildman–Crippen LogP) is 2.98. The van der Waals surface area contributed by atoms with Crippen molar-refractivity contribution in [1.29, 1.82) is 0 Å². The molecule has 0 saturated heterocycles. The maximum atomic E-state index is 3.78. The number of hydrogen-bond acceptors (Lipinski definition) is 1. The minimum absolute atomic E-state index is 0.882. The van der Waals surface area contributed by atoms with E-state index in [-0.39, 0.29) is 0 Å².